The van der Waals surface area contributed by atoms with Gasteiger partial charge in [-0.25, -0.2) is 9.97 Å². The number of Topliss-reactive ketones (excluding diaryl/α,β-unsaturated/α-hetero) is 1. The number of methoxy groups -OCH3 is 1. The summed E-state index contributed by atoms with van der Waals surface area (Å²) in [7, 11) is 1.49. The summed E-state index contributed by atoms with van der Waals surface area (Å²) < 4.78 is 5.04. The molecule has 19 heavy (non-hydrogen) atoms. The number of aryl methyl sites for hydroxylation is 2. The van der Waals surface area contributed by atoms with Crippen molar-refractivity contribution in [3.8, 4) is 5.88 Å². The zero-order valence-corrected chi connectivity index (χ0v) is 11.1. The van der Waals surface area contributed by atoms with E-state index in [0.29, 0.717) is 18.5 Å². The fourth-order valence-corrected chi connectivity index (χ4v) is 1.80. The molecule has 1 aromatic carbocycles. The number of nitrogens with zero attached hydrogens (tertiary/aromatic N) is 2. The van der Waals surface area contributed by atoms with E-state index in [1.54, 1.807) is 0 Å². The molecule has 4 heteroatoms. The van der Waals surface area contributed by atoms with Gasteiger partial charge in [-0.2, -0.15) is 0 Å². The van der Waals surface area contributed by atoms with Crippen molar-refractivity contribution in [1.29, 1.82) is 0 Å². The van der Waals surface area contributed by atoms with Crippen LogP contribution in [-0.2, 0) is 6.42 Å². The number of benzene rings is 1. The fourth-order valence-electron chi connectivity index (χ4n) is 1.80. The van der Waals surface area contributed by atoms with E-state index in [4.69, 9.17) is 4.74 Å². The van der Waals surface area contributed by atoms with E-state index >= 15 is 0 Å². The number of ketones is 1. The van der Waals surface area contributed by atoms with Crippen LogP contribution >= 0.6 is 0 Å². The van der Waals surface area contributed by atoms with E-state index in [2.05, 4.69) is 9.97 Å². The number of carbonyl (C=O) groups excluding carboxylic acids is 1. The molecule has 0 aliphatic heterocycles. The molecule has 1 heterocycles. The van der Waals surface area contributed by atoms with E-state index in [0.717, 1.165) is 5.56 Å². The molecule has 0 atom stereocenters. The number of rotatable bonds is 5. The second-order valence-electron chi connectivity index (χ2n) is 4.32. The largest absolute Gasteiger partial charge is 0.479 e. The maximum atomic E-state index is 12.1. The normalized spacial score (nSPS) is 10.2. The van der Waals surface area contributed by atoms with Crippen molar-refractivity contribution in [1.82, 2.24) is 9.97 Å². The van der Waals surface area contributed by atoms with Crippen LogP contribution in [0, 0.1) is 6.92 Å². The summed E-state index contributed by atoms with van der Waals surface area (Å²) in [6, 6.07) is 8.17. The number of carbonyl (C=O) groups is 1. The highest BCUT2D eigenvalue weighted by atomic mass is 16.5. The molecule has 0 amide bonds. The molecule has 0 radical (unpaired) electrons. The molecule has 98 valence electrons. The van der Waals surface area contributed by atoms with Crippen molar-refractivity contribution in [2.75, 3.05) is 7.11 Å². The third kappa shape index (κ3) is 3.37. The van der Waals surface area contributed by atoms with E-state index in [1.165, 1.54) is 25.1 Å². The Morgan fingerprint density at radius 3 is 2.53 bits per heavy atom. The summed E-state index contributed by atoms with van der Waals surface area (Å²) in [5, 5.41) is 0. The summed E-state index contributed by atoms with van der Waals surface area (Å²) >= 11 is 0. The molecule has 0 bridgehead atoms. The van der Waals surface area contributed by atoms with Crippen LogP contribution < -0.4 is 4.74 Å². The van der Waals surface area contributed by atoms with Crippen molar-refractivity contribution in [3.63, 3.8) is 0 Å². The molecule has 2 aromatic rings. The molecule has 4 nitrogen and oxygen atoms in total. The van der Waals surface area contributed by atoms with Gasteiger partial charge < -0.3 is 4.74 Å². The Balaban J connectivity index is 2.03. The van der Waals surface area contributed by atoms with Crippen molar-refractivity contribution < 1.29 is 9.53 Å². The summed E-state index contributed by atoms with van der Waals surface area (Å²) in [4.78, 5) is 20.1. The SMILES string of the molecule is COc1nccnc1C(=O)CCc1ccc(C)cc1. The van der Waals surface area contributed by atoms with Gasteiger partial charge in [0.2, 0.25) is 5.88 Å². The lowest BCUT2D eigenvalue weighted by Crippen LogP contribution is -2.07. The maximum Gasteiger partial charge on any atom is 0.243 e. The summed E-state index contributed by atoms with van der Waals surface area (Å²) in [6.45, 7) is 2.04. The molecule has 0 fully saturated rings. The molecule has 1 aromatic heterocycles. The highest BCUT2D eigenvalue weighted by molar-refractivity contribution is 5.96. The quantitative estimate of drug-likeness (QED) is 0.772. The first-order valence-corrected chi connectivity index (χ1v) is 6.14. The molecule has 0 aliphatic rings. The predicted octanol–water partition coefficient (Wildman–Crippen LogP) is 2.61. The zero-order valence-electron chi connectivity index (χ0n) is 11.1. The Morgan fingerprint density at radius 2 is 1.84 bits per heavy atom. The average Bonchev–Trinajstić information content (AvgIpc) is 2.46. The highest BCUT2D eigenvalue weighted by Gasteiger charge is 2.14. The second kappa shape index (κ2) is 6.09. The Morgan fingerprint density at radius 1 is 1.16 bits per heavy atom. The molecule has 0 unspecified atom stereocenters. The minimum atomic E-state index is -0.0504. The molecule has 0 N–H and O–H groups in total. The highest BCUT2D eigenvalue weighted by Crippen LogP contribution is 2.14. The average molecular weight is 256 g/mol. The van der Waals surface area contributed by atoms with Crippen molar-refractivity contribution in [2.24, 2.45) is 0 Å². The smallest absolute Gasteiger partial charge is 0.243 e. The van der Waals surface area contributed by atoms with Crippen LogP contribution in [0.5, 0.6) is 5.88 Å². The topological polar surface area (TPSA) is 52.1 Å². The predicted molar refractivity (Wildman–Crippen MR) is 72.4 cm³/mol. The molecule has 0 saturated heterocycles. The van der Waals surface area contributed by atoms with Gasteiger partial charge in [0.25, 0.3) is 0 Å². The van der Waals surface area contributed by atoms with Gasteiger partial charge in [0, 0.05) is 18.8 Å². The molecular formula is C15H16N2O2. The number of ether oxygens (including phenoxy) is 1. The summed E-state index contributed by atoms with van der Waals surface area (Å²) in [5.41, 5.74) is 2.66. The Labute approximate surface area is 112 Å². The van der Waals surface area contributed by atoms with Crippen LogP contribution in [-0.4, -0.2) is 22.9 Å². The Bertz CT molecular complexity index is 565. The van der Waals surface area contributed by atoms with Crippen molar-refractivity contribution in [3.05, 3.63) is 53.5 Å². The van der Waals surface area contributed by atoms with Gasteiger partial charge in [-0.05, 0) is 18.9 Å². The first-order valence-electron chi connectivity index (χ1n) is 6.14. The standard InChI is InChI=1S/C15H16N2O2/c1-11-3-5-12(6-4-11)7-8-13(18)14-15(19-2)17-10-9-16-14/h3-6,9-10H,7-8H2,1-2H3. The van der Waals surface area contributed by atoms with Gasteiger partial charge in [-0.1, -0.05) is 29.8 Å². The molecule has 0 spiro atoms. The monoisotopic (exact) mass is 256 g/mol. The van der Waals surface area contributed by atoms with Crippen molar-refractivity contribution >= 4 is 5.78 Å². The molecule has 2 rings (SSSR count). The van der Waals surface area contributed by atoms with Gasteiger partial charge in [0.05, 0.1) is 7.11 Å². The maximum absolute atomic E-state index is 12.1. The van der Waals surface area contributed by atoms with Crippen LogP contribution in [0.15, 0.2) is 36.7 Å². The zero-order chi connectivity index (χ0) is 13.7. The van der Waals surface area contributed by atoms with Gasteiger partial charge in [-0.15, -0.1) is 0 Å². The van der Waals surface area contributed by atoms with Gasteiger partial charge in [-0.3, -0.25) is 4.79 Å². The van der Waals surface area contributed by atoms with Gasteiger partial charge in [0.15, 0.2) is 11.5 Å². The van der Waals surface area contributed by atoms with Crippen LogP contribution in [0.2, 0.25) is 0 Å². The summed E-state index contributed by atoms with van der Waals surface area (Å²) in [5.74, 6) is 0.238. The lowest BCUT2D eigenvalue weighted by Gasteiger charge is -2.05. The third-order valence-corrected chi connectivity index (χ3v) is 2.88. The third-order valence-electron chi connectivity index (χ3n) is 2.88. The minimum Gasteiger partial charge on any atom is -0.479 e. The molecular weight excluding hydrogens is 240 g/mol. The number of aromatic nitrogens is 2. The fraction of sp³-hybridized carbons (Fsp3) is 0.267. The summed E-state index contributed by atoms with van der Waals surface area (Å²) in [6.07, 6.45) is 4.11. The lowest BCUT2D eigenvalue weighted by molar-refractivity contribution is 0.0974. The second-order valence-corrected chi connectivity index (χ2v) is 4.32. The van der Waals surface area contributed by atoms with E-state index in [9.17, 15) is 4.79 Å². The first kappa shape index (κ1) is 13.2. The van der Waals surface area contributed by atoms with E-state index in [1.807, 2.05) is 31.2 Å². The first-order chi connectivity index (χ1) is 9.20. The number of hydrogen-bond acceptors (Lipinski definition) is 4. The van der Waals surface area contributed by atoms with Crippen molar-refractivity contribution in [2.45, 2.75) is 19.8 Å². The van der Waals surface area contributed by atoms with E-state index in [-0.39, 0.29) is 11.7 Å². The minimum absolute atomic E-state index is 0.0504. The Kier molecular flexibility index (Phi) is 4.23. The van der Waals surface area contributed by atoms with E-state index < -0.39 is 0 Å². The van der Waals surface area contributed by atoms with Crippen LogP contribution in [0.3, 0.4) is 0 Å². The van der Waals surface area contributed by atoms with Crippen LogP contribution in [0.1, 0.15) is 28.0 Å². The van der Waals surface area contributed by atoms with Gasteiger partial charge >= 0.3 is 0 Å². The number of hydrogen-bond donors (Lipinski definition) is 0. The molecule has 0 saturated carbocycles. The lowest BCUT2D eigenvalue weighted by atomic mass is 10.0. The van der Waals surface area contributed by atoms with Crippen LogP contribution in [0.4, 0.5) is 0 Å². The Hall–Kier alpha value is -2.23. The van der Waals surface area contributed by atoms with Crippen LogP contribution in [0.25, 0.3) is 0 Å². The molecule has 0 aliphatic carbocycles. The van der Waals surface area contributed by atoms with Gasteiger partial charge in [0.1, 0.15) is 0 Å².